The number of ketones is 1. The van der Waals surface area contributed by atoms with Crippen LogP contribution in [0.5, 0.6) is 0 Å². The molecule has 0 heterocycles. The fourth-order valence-electron chi connectivity index (χ4n) is 2.01. The molecule has 0 amide bonds. The van der Waals surface area contributed by atoms with Crippen LogP contribution >= 0.6 is 15.9 Å². The molecule has 0 saturated heterocycles. The molecule has 2 rings (SSSR count). The van der Waals surface area contributed by atoms with E-state index in [1.807, 2.05) is 31.2 Å². The van der Waals surface area contributed by atoms with Gasteiger partial charge in [0, 0.05) is 12.8 Å². The molecule has 0 aliphatic carbocycles. The monoisotopic (exact) mass is 320 g/mol. The zero-order valence-corrected chi connectivity index (χ0v) is 12.2. The van der Waals surface area contributed by atoms with Crippen molar-refractivity contribution in [1.29, 1.82) is 0 Å². The molecule has 0 bridgehead atoms. The van der Waals surface area contributed by atoms with E-state index in [-0.39, 0.29) is 18.0 Å². The first-order valence-corrected chi connectivity index (χ1v) is 6.85. The van der Waals surface area contributed by atoms with E-state index in [1.54, 1.807) is 12.1 Å². The molecule has 3 heteroatoms. The smallest absolute Gasteiger partial charge is 0.141 e. The van der Waals surface area contributed by atoms with Gasteiger partial charge in [0.25, 0.3) is 0 Å². The molecule has 0 unspecified atom stereocenters. The topological polar surface area (TPSA) is 17.1 Å². The third kappa shape index (κ3) is 3.74. The molecule has 0 radical (unpaired) electrons. The third-order valence-electron chi connectivity index (χ3n) is 2.90. The molecular formula is C16H14BrFO. The van der Waals surface area contributed by atoms with Gasteiger partial charge in [0.1, 0.15) is 11.6 Å². The number of carbonyl (C=O) groups is 1. The van der Waals surface area contributed by atoms with Gasteiger partial charge in [-0.3, -0.25) is 4.79 Å². The van der Waals surface area contributed by atoms with E-state index in [9.17, 15) is 9.18 Å². The van der Waals surface area contributed by atoms with Gasteiger partial charge in [-0.25, -0.2) is 4.39 Å². The number of hydrogen-bond donors (Lipinski definition) is 0. The second-order valence-corrected chi connectivity index (χ2v) is 5.39. The minimum absolute atomic E-state index is 0.0805. The fourth-order valence-corrected chi connectivity index (χ4v) is 2.41. The predicted molar refractivity (Wildman–Crippen MR) is 77.7 cm³/mol. The lowest BCUT2D eigenvalue weighted by Crippen LogP contribution is -2.07. The van der Waals surface area contributed by atoms with Crippen LogP contribution in [-0.4, -0.2) is 5.78 Å². The maximum absolute atomic E-state index is 13.4. The molecule has 0 spiro atoms. The first kappa shape index (κ1) is 13.9. The van der Waals surface area contributed by atoms with Gasteiger partial charge in [-0.2, -0.15) is 0 Å². The standard InChI is InChI=1S/C16H14BrFO/c1-11-4-2-5-12(8-11)9-14(19)10-13-6-3-7-15(18)16(13)17/h2-8H,9-10H2,1H3. The van der Waals surface area contributed by atoms with E-state index < -0.39 is 0 Å². The van der Waals surface area contributed by atoms with Gasteiger partial charge < -0.3 is 0 Å². The molecule has 0 saturated carbocycles. The molecule has 98 valence electrons. The zero-order valence-electron chi connectivity index (χ0n) is 10.6. The van der Waals surface area contributed by atoms with Crippen molar-refractivity contribution < 1.29 is 9.18 Å². The summed E-state index contributed by atoms with van der Waals surface area (Å²) in [5.74, 6) is -0.252. The maximum Gasteiger partial charge on any atom is 0.141 e. The highest BCUT2D eigenvalue weighted by atomic mass is 79.9. The van der Waals surface area contributed by atoms with Crippen LogP contribution in [0.3, 0.4) is 0 Å². The Balaban J connectivity index is 2.08. The first-order valence-electron chi connectivity index (χ1n) is 6.06. The van der Waals surface area contributed by atoms with Gasteiger partial charge in [0.15, 0.2) is 0 Å². The predicted octanol–water partition coefficient (Wildman–Crippen LogP) is 4.25. The third-order valence-corrected chi connectivity index (χ3v) is 3.79. The van der Waals surface area contributed by atoms with Crippen molar-refractivity contribution in [2.45, 2.75) is 19.8 Å². The van der Waals surface area contributed by atoms with Crippen LogP contribution in [0.15, 0.2) is 46.9 Å². The van der Waals surface area contributed by atoms with Crippen molar-refractivity contribution in [3.05, 3.63) is 69.4 Å². The minimum Gasteiger partial charge on any atom is -0.299 e. The summed E-state index contributed by atoms with van der Waals surface area (Å²) in [5.41, 5.74) is 2.83. The summed E-state index contributed by atoms with van der Waals surface area (Å²) < 4.78 is 13.7. The molecule has 0 atom stereocenters. The Morgan fingerprint density at radius 3 is 2.63 bits per heavy atom. The Bertz CT molecular complexity index is 607. The lowest BCUT2D eigenvalue weighted by Gasteiger charge is -2.05. The highest BCUT2D eigenvalue weighted by molar-refractivity contribution is 9.10. The Morgan fingerprint density at radius 1 is 1.16 bits per heavy atom. The summed E-state index contributed by atoms with van der Waals surface area (Å²) in [6.07, 6.45) is 0.622. The molecule has 0 aliphatic heterocycles. The number of halogens is 2. The second kappa shape index (κ2) is 6.11. The van der Waals surface area contributed by atoms with Crippen molar-refractivity contribution in [1.82, 2.24) is 0 Å². The number of rotatable bonds is 4. The van der Waals surface area contributed by atoms with E-state index in [4.69, 9.17) is 0 Å². The molecule has 19 heavy (non-hydrogen) atoms. The molecular weight excluding hydrogens is 307 g/mol. The first-order chi connectivity index (χ1) is 9.06. The van der Waals surface area contributed by atoms with Crippen molar-refractivity contribution in [2.24, 2.45) is 0 Å². The van der Waals surface area contributed by atoms with Crippen molar-refractivity contribution in [3.8, 4) is 0 Å². The van der Waals surface area contributed by atoms with E-state index in [1.165, 1.54) is 6.07 Å². The highest BCUT2D eigenvalue weighted by Crippen LogP contribution is 2.21. The van der Waals surface area contributed by atoms with Gasteiger partial charge in [0.2, 0.25) is 0 Å². The molecule has 0 aliphatic rings. The van der Waals surface area contributed by atoms with Crippen molar-refractivity contribution >= 4 is 21.7 Å². The molecule has 0 fully saturated rings. The highest BCUT2D eigenvalue weighted by Gasteiger charge is 2.10. The average Bonchev–Trinajstić information content (AvgIpc) is 2.35. The van der Waals surface area contributed by atoms with Crippen LogP contribution in [0, 0.1) is 12.7 Å². The summed E-state index contributed by atoms with van der Waals surface area (Å²) in [7, 11) is 0. The molecule has 2 aromatic rings. The zero-order chi connectivity index (χ0) is 13.8. The summed E-state index contributed by atoms with van der Waals surface area (Å²) in [4.78, 5) is 12.0. The minimum atomic E-state index is -0.333. The van der Waals surface area contributed by atoms with Crippen LogP contribution in [-0.2, 0) is 17.6 Å². The van der Waals surface area contributed by atoms with E-state index in [2.05, 4.69) is 15.9 Å². The van der Waals surface area contributed by atoms with Crippen LogP contribution < -0.4 is 0 Å². The van der Waals surface area contributed by atoms with Gasteiger partial charge in [-0.1, -0.05) is 42.0 Å². The largest absolute Gasteiger partial charge is 0.299 e. The summed E-state index contributed by atoms with van der Waals surface area (Å²) in [6.45, 7) is 2.00. The number of carbonyl (C=O) groups excluding carboxylic acids is 1. The molecule has 0 aromatic heterocycles. The Labute approximate surface area is 120 Å². The normalized spacial score (nSPS) is 10.5. The van der Waals surface area contributed by atoms with Crippen molar-refractivity contribution in [2.75, 3.05) is 0 Å². The number of benzene rings is 2. The molecule has 1 nitrogen and oxygen atoms in total. The number of hydrogen-bond acceptors (Lipinski definition) is 1. The summed E-state index contributed by atoms with van der Waals surface area (Å²) in [5, 5.41) is 0. The Hall–Kier alpha value is -1.48. The lowest BCUT2D eigenvalue weighted by molar-refractivity contribution is -0.117. The number of Topliss-reactive ketones (excluding diaryl/α,β-unsaturated/α-hetero) is 1. The van der Waals surface area contributed by atoms with E-state index >= 15 is 0 Å². The second-order valence-electron chi connectivity index (χ2n) is 4.59. The lowest BCUT2D eigenvalue weighted by atomic mass is 10.0. The van der Waals surface area contributed by atoms with Gasteiger partial charge in [-0.15, -0.1) is 0 Å². The SMILES string of the molecule is Cc1cccc(CC(=O)Cc2cccc(F)c2Br)c1. The summed E-state index contributed by atoms with van der Waals surface area (Å²) in [6, 6.07) is 12.6. The van der Waals surface area contributed by atoms with Crippen LogP contribution in [0.1, 0.15) is 16.7 Å². The Kier molecular flexibility index (Phi) is 4.48. The van der Waals surface area contributed by atoms with Gasteiger partial charge in [0.05, 0.1) is 4.47 Å². The number of aryl methyl sites for hydroxylation is 1. The molecule has 0 N–H and O–H groups in total. The van der Waals surface area contributed by atoms with E-state index in [0.29, 0.717) is 16.5 Å². The Morgan fingerprint density at radius 2 is 1.89 bits per heavy atom. The van der Waals surface area contributed by atoms with Crippen LogP contribution in [0.2, 0.25) is 0 Å². The fraction of sp³-hybridized carbons (Fsp3) is 0.188. The van der Waals surface area contributed by atoms with Crippen LogP contribution in [0.25, 0.3) is 0 Å². The van der Waals surface area contributed by atoms with Crippen LogP contribution in [0.4, 0.5) is 4.39 Å². The van der Waals surface area contributed by atoms with Gasteiger partial charge in [-0.05, 0) is 40.0 Å². The maximum atomic E-state index is 13.4. The van der Waals surface area contributed by atoms with E-state index in [0.717, 1.165) is 11.1 Å². The van der Waals surface area contributed by atoms with Gasteiger partial charge >= 0.3 is 0 Å². The summed E-state index contributed by atoms with van der Waals surface area (Å²) >= 11 is 3.18. The van der Waals surface area contributed by atoms with Crippen molar-refractivity contribution in [3.63, 3.8) is 0 Å². The molecule has 2 aromatic carbocycles. The quantitative estimate of drug-likeness (QED) is 0.823. The average molecular weight is 321 g/mol.